The maximum absolute atomic E-state index is 12.0. The second-order valence-corrected chi connectivity index (χ2v) is 7.05. The van der Waals surface area contributed by atoms with Crippen LogP contribution in [-0.2, 0) is 24.1 Å². The van der Waals surface area contributed by atoms with Crippen LogP contribution in [0.4, 0.5) is 0 Å². The summed E-state index contributed by atoms with van der Waals surface area (Å²) in [6.07, 6.45) is 2.82. The highest BCUT2D eigenvalue weighted by molar-refractivity contribution is 7.11. The van der Waals surface area contributed by atoms with Crippen molar-refractivity contribution in [3.8, 4) is 0 Å². The first-order valence-corrected chi connectivity index (χ1v) is 9.13. The summed E-state index contributed by atoms with van der Waals surface area (Å²) in [6, 6.07) is 7.90. The third-order valence-electron chi connectivity index (χ3n) is 3.96. The number of carbonyl (C=O) groups is 1. The lowest BCUT2D eigenvalue weighted by Gasteiger charge is -2.02. The molecule has 126 valence electrons. The van der Waals surface area contributed by atoms with E-state index >= 15 is 0 Å². The summed E-state index contributed by atoms with van der Waals surface area (Å²) in [5, 5.41) is 4.07. The van der Waals surface area contributed by atoms with Crippen molar-refractivity contribution in [2.75, 3.05) is 6.54 Å². The van der Waals surface area contributed by atoms with E-state index in [1.807, 2.05) is 24.3 Å². The highest BCUT2D eigenvalue weighted by Crippen LogP contribution is 2.18. The Labute approximate surface area is 145 Å². The van der Waals surface area contributed by atoms with Crippen molar-refractivity contribution in [2.24, 2.45) is 0 Å². The SMILES string of the molecule is CCc1nc(CCNC(=O)CCc2nc3ccccc3[nH]2)sc1C. The van der Waals surface area contributed by atoms with E-state index in [0.717, 1.165) is 34.7 Å². The van der Waals surface area contributed by atoms with Gasteiger partial charge in [-0.3, -0.25) is 4.79 Å². The monoisotopic (exact) mass is 342 g/mol. The van der Waals surface area contributed by atoms with E-state index in [-0.39, 0.29) is 5.91 Å². The summed E-state index contributed by atoms with van der Waals surface area (Å²) in [5.74, 6) is 0.911. The number of hydrogen-bond acceptors (Lipinski definition) is 4. The Morgan fingerprint density at radius 1 is 1.25 bits per heavy atom. The Kier molecular flexibility index (Phi) is 5.25. The number of aromatic nitrogens is 3. The van der Waals surface area contributed by atoms with Crippen LogP contribution in [0.3, 0.4) is 0 Å². The summed E-state index contributed by atoms with van der Waals surface area (Å²) in [5.41, 5.74) is 3.13. The molecule has 5 nitrogen and oxygen atoms in total. The third-order valence-corrected chi connectivity index (χ3v) is 5.03. The fourth-order valence-electron chi connectivity index (χ4n) is 2.68. The van der Waals surface area contributed by atoms with Gasteiger partial charge in [0.2, 0.25) is 5.91 Å². The number of thiazole rings is 1. The highest BCUT2D eigenvalue weighted by Gasteiger charge is 2.08. The maximum Gasteiger partial charge on any atom is 0.220 e. The van der Waals surface area contributed by atoms with Gasteiger partial charge in [-0.05, 0) is 25.5 Å². The molecule has 6 heteroatoms. The van der Waals surface area contributed by atoms with E-state index in [1.54, 1.807) is 11.3 Å². The molecule has 1 amide bonds. The minimum Gasteiger partial charge on any atom is -0.356 e. The van der Waals surface area contributed by atoms with Gasteiger partial charge in [-0.25, -0.2) is 9.97 Å². The molecule has 3 rings (SSSR count). The average molecular weight is 342 g/mol. The Morgan fingerprint density at radius 2 is 2.08 bits per heavy atom. The number of aromatic amines is 1. The molecule has 0 spiro atoms. The Morgan fingerprint density at radius 3 is 2.83 bits per heavy atom. The van der Waals surface area contributed by atoms with Gasteiger partial charge in [-0.15, -0.1) is 11.3 Å². The second kappa shape index (κ2) is 7.57. The minimum absolute atomic E-state index is 0.0550. The van der Waals surface area contributed by atoms with Crippen LogP contribution in [0.1, 0.15) is 34.7 Å². The van der Waals surface area contributed by atoms with Crippen molar-refractivity contribution in [3.05, 3.63) is 45.7 Å². The van der Waals surface area contributed by atoms with Crippen LogP contribution in [-0.4, -0.2) is 27.4 Å². The lowest BCUT2D eigenvalue weighted by atomic mass is 10.3. The molecule has 0 atom stereocenters. The molecule has 0 saturated heterocycles. The number of amides is 1. The number of imidazole rings is 1. The van der Waals surface area contributed by atoms with Gasteiger partial charge < -0.3 is 10.3 Å². The van der Waals surface area contributed by atoms with Gasteiger partial charge in [-0.2, -0.15) is 0 Å². The number of nitrogens with zero attached hydrogens (tertiary/aromatic N) is 2. The minimum atomic E-state index is 0.0550. The molecule has 0 saturated carbocycles. The van der Waals surface area contributed by atoms with Crippen LogP contribution in [0.5, 0.6) is 0 Å². The number of para-hydroxylation sites is 2. The van der Waals surface area contributed by atoms with E-state index < -0.39 is 0 Å². The molecule has 2 heterocycles. The van der Waals surface area contributed by atoms with Gasteiger partial charge in [0.05, 0.1) is 21.7 Å². The Hall–Kier alpha value is -2.21. The molecule has 0 aliphatic carbocycles. The quantitative estimate of drug-likeness (QED) is 0.693. The second-order valence-electron chi connectivity index (χ2n) is 5.76. The first kappa shape index (κ1) is 16.6. The molecule has 24 heavy (non-hydrogen) atoms. The van der Waals surface area contributed by atoms with Crippen LogP contribution in [0.25, 0.3) is 11.0 Å². The zero-order valence-corrected chi connectivity index (χ0v) is 14.9. The summed E-state index contributed by atoms with van der Waals surface area (Å²) >= 11 is 1.73. The predicted molar refractivity (Wildman–Crippen MR) is 97.4 cm³/mol. The number of aryl methyl sites for hydroxylation is 3. The van der Waals surface area contributed by atoms with Crippen LogP contribution in [0.2, 0.25) is 0 Å². The normalized spacial score (nSPS) is 11.1. The van der Waals surface area contributed by atoms with E-state index in [0.29, 0.717) is 19.4 Å². The number of benzene rings is 1. The van der Waals surface area contributed by atoms with E-state index in [2.05, 4.69) is 34.1 Å². The van der Waals surface area contributed by atoms with Gasteiger partial charge in [0.1, 0.15) is 5.82 Å². The lowest BCUT2D eigenvalue weighted by molar-refractivity contribution is -0.121. The van der Waals surface area contributed by atoms with Crippen LogP contribution in [0.15, 0.2) is 24.3 Å². The third kappa shape index (κ3) is 4.00. The van der Waals surface area contributed by atoms with Crippen LogP contribution in [0, 0.1) is 6.92 Å². The molecule has 0 radical (unpaired) electrons. The largest absolute Gasteiger partial charge is 0.356 e. The molecular formula is C18H22N4OS. The molecule has 0 aliphatic rings. The zero-order valence-electron chi connectivity index (χ0n) is 14.1. The van der Waals surface area contributed by atoms with Gasteiger partial charge in [0.15, 0.2) is 0 Å². The smallest absolute Gasteiger partial charge is 0.220 e. The molecule has 2 N–H and O–H groups in total. The van der Waals surface area contributed by atoms with Crippen molar-refractivity contribution >= 4 is 28.3 Å². The maximum atomic E-state index is 12.0. The Balaban J connectivity index is 1.43. The van der Waals surface area contributed by atoms with Crippen molar-refractivity contribution in [2.45, 2.75) is 39.5 Å². The van der Waals surface area contributed by atoms with Crippen molar-refractivity contribution in [1.29, 1.82) is 0 Å². The van der Waals surface area contributed by atoms with Gasteiger partial charge >= 0.3 is 0 Å². The van der Waals surface area contributed by atoms with Gasteiger partial charge in [0.25, 0.3) is 0 Å². The highest BCUT2D eigenvalue weighted by atomic mass is 32.1. The van der Waals surface area contributed by atoms with Crippen molar-refractivity contribution in [3.63, 3.8) is 0 Å². The van der Waals surface area contributed by atoms with E-state index in [1.165, 1.54) is 10.6 Å². The lowest BCUT2D eigenvalue weighted by Crippen LogP contribution is -2.26. The first-order chi connectivity index (χ1) is 11.7. The summed E-state index contributed by atoms with van der Waals surface area (Å²) < 4.78 is 0. The molecule has 0 unspecified atom stereocenters. The van der Waals surface area contributed by atoms with Crippen molar-refractivity contribution < 1.29 is 4.79 Å². The fraction of sp³-hybridized carbons (Fsp3) is 0.389. The zero-order chi connectivity index (χ0) is 16.9. The summed E-state index contributed by atoms with van der Waals surface area (Å²) in [7, 11) is 0. The molecule has 2 aromatic heterocycles. The number of H-pyrrole nitrogens is 1. The number of rotatable bonds is 7. The molecule has 0 aliphatic heterocycles. The average Bonchev–Trinajstić information content (AvgIpc) is 3.15. The van der Waals surface area contributed by atoms with Crippen LogP contribution < -0.4 is 5.32 Å². The fourth-order valence-corrected chi connectivity index (χ4v) is 3.70. The van der Waals surface area contributed by atoms with E-state index in [4.69, 9.17) is 0 Å². The molecule has 3 aromatic rings. The van der Waals surface area contributed by atoms with Crippen molar-refractivity contribution in [1.82, 2.24) is 20.3 Å². The summed E-state index contributed by atoms with van der Waals surface area (Å²) in [4.78, 5) is 25.6. The number of fused-ring (bicyclic) bond motifs is 1. The Bertz CT molecular complexity index is 804. The first-order valence-electron chi connectivity index (χ1n) is 8.31. The topological polar surface area (TPSA) is 70.7 Å². The predicted octanol–water partition coefficient (Wildman–Crippen LogP) is 3.18. The number of hydrogen-bond donors (Lipinski definition) is 2. The standard InChI is InChI=1S/C18H22N4OS/c1-3-13-12(2)24-18(22-13)10-11-19-17(23)9-8-16-20-14-6-4-5-7-15(14)21-16/h4-7H,3,8-11H2,1-2H3,(H,19,23)(H,20,21). The van der Waals surface area contributed by atoms with Gasteiger partial charge in [-0.1, -0.05) is 19.1 Å². The van der Waals surface area contributed by atoms with Crippen LogP contribution >= 0.6 is 11.3 Å². The number of carbonyl (C=O) groups excluding carboxylic acids is 1. The summed E-state index contributed by atoms with van der Waals surface area (Å²) in [6.45, 7) is 4.85. The van der Waals surface area contributed by atoms with Gasteiger partial charge in [0, 0.05) is 30.7 Å². The molecule has 1 aromatic carbocycles. The molecular weight excluding hydrogens is 320 g/mol. The molecule has 0 fully saturated rings. The van der Waals surface area contributed by atoms with E-state index in [9.17, 15) is 4.79 Å². The number of nitrogens with one attached hydrogen (secondary N) is 2. The molecule has 0 bridgehead atoms.